The summed E-state index contributed by atoms with van der Waals surface area (Å²) in [6.07, 6.45) is 3.99. The first-order chi connectivity index (χ1) is 23.4. The maximum Gasteiger partial charge on any atom is 0.408 e. The minimum Gasteiger partial charge on any atom is -0.491 e. The van der Waals surface area contributed by atoms with Gasteiger partial charge in [0, 0.05) is 49.1 Å². The molecule has 0 spiro atoms. The maximum absolute atomic E-state index is 14.1. The second-order valence-corrected chi connectivity index (χ2v) is 15.9. The van der Waals surface area contributed by atoms with E-state index >= 15 is 0 Å². The predicted molar refractivity (Wildman–Crippen MR) is 183 cm³/mol. The van der Waals surface area contributed by atoms with E-state index in [4.69, 9.17) is 41.3 Å². The van der Waals surface area contributed by atoms with Gasteiger partial charge in [0.05, 0.1) is 25.3 Å². The van der Waals surface area contributed by atoms with Crippen molar-refractivity contribution in [1.82, 2.24) is 20.1 Å². The number of hydrogen-bond acceptors (Lipinski definition) is 9. The van der Waals surface area contributed by atoms with Gasteiger partial charge in [0.25, 0.3) is 0 Å². The maximum atomic E-state index is 14.1. The molecule has 0 radical (unpaired) electrons. The van der Waals surface area contributed by atoms with Crippen molar-refractivity contribution in [3.63, 3.8) is 0 Å². The Morgan fingerprint density at radius 2 is 1.80 bits per heavy atom. The van der Waals surface area contributed by atoms with E-state index in [-0.39, 0.29) is 19.1 Å². The molecule has 0 bridgehead atoms. The van der Waals surface area contributed by atoms with E-state index in [1.807, 2.05) is 39.0 Å². The highest BCUT2D eigenvalue weighted by Crippen LogP contribution is 2.52. The van der Waals surface area contributed by atoms with Crippen LogP contribution in [0.3, 0.4) is 0 Å². The molecule has 3 aliphatic carbocycles. The Hall–Kier alpha value is -3.35. The van der Waals surface area contributed by atoms with Crippen molar-refractivity contribution >= 4 is 40.4 Å². The summed E-state index contributed by atoms with van der Waals surface area (Å²) in [6.45, 7) is 10.2. The number of hydrogen-bond donors (Lipinski definition) is 2. The number of amides is 3. The van der Waals surface area contributed by atoms with Gasteiger partial charge in [0.2, 0.25) is 11.8 Å². The number of carbonyl (C=O) groups is 3. The molecule has 6 atom stereocenters. The molecule has 49 heavy (non-hydrogen) atoms. The van der Waals surface area contributed by atoms with Gasteiger partial charge in [-0.15, -0.1) is 0 Å². The zero-order valence-corrected chi connectivity index (χ0v) is 29.4. The number of halogens is 1. The van der Waals surface area contributed by atoms with Gasteiger partial charge >= 0.3 is 6.09 Å². The lowest BCUT2D eigenvalue weighted by atomic mass is 9.85. The van der Waals surface area contributed by atoms with Gasteiger partial charge in [-0.3, -0.25) is 19.5 Å². The predicted octanol–water partition coefficient (Wildman–Crippen LogP) is 4.25. The highest BCUT2D eigenvalue weighted by atomic mass is 35.5. The average molecular weight is 698 g/mol. The van der Waals surface area contributed by atoms with E-state index < -0.39 is 41.5 Å². The number of primary amides is 1. The SMILES string of the molecule is CC(C)(C)[C@H](NC(=O)OC1C[C@@H]2C[C@@H]2C1)C(=O)N1C[C@H](Oc2cc(C3CC3)nc3c(Cl)c(OCCN4CCOCC4)ccc23)C[C@H]1C(N)=O. The topological polar surface area (TPSA) is 146 Å². The Kier molecular flexibility index (Phi) is 9.58. The molecule has 3 amide bonds. The molecule has 3 saturated carbocycles. The van der Waals surface area contributed by atoms with Crippen LogP contribution < -0.4 is 20.5 Å². The molecule has 5 fully saturated rings. The van der Waals surface area contributed by atoms with Crippen molar-refractivity contribution in [3.05, 3.63) is 28.9 Å². The molecule has 3 heterocycles. The van der Waals surface area contributed by atoms with Gasteiger partial charge in [0.15, 0.2) is 0 Å². The fourth-order valence-electron chi connectivity index (χ4n) is 7.58. The van der Waals surface area contributed by atoms with Crippen molar-refractivity contribution < 1.29 is 33.3 Å². The number of pyridine rings is 1. The van der Waals surface area contributed by atoms with Crippen LogP contribution in [0.2, 0.25) is 5.02 Å². The molecule has 266 valence electrons. The Bertz CT molecular complexity index is 1580. The number of morpholine rings is 1. The van der Waals surface area contributed by atoms with Crippen LogP contribution in [0, 0.1) is 17.3 Å². The van der Waals surface area contributed by atoms with Crippen LogP contribution in [0.4, 0.5) is 4.79 Å². The van der Waals surface area contributed by atoms with Crippen LogP contribution in [0.15, 0.2) is 18.2 Å². The molecule has 1 aromatic heterocycles. The van der Waals surface area contributed by atoms with Gasteiger partial charge in [-0.1, -0.05) is 32.4 Å². The van der Waals surface area contributed by atoms with Crippen LogP contribution in [0.25, 0.3) is 10.9 Å². The number of rotatable bonds is 11. The van der Waals surface area contributed by atoms with E-state index in [1.165, 1.54) is 11.3 Å². The van der Waals surface area contributed by atoms with Crippen molar-refractivity contribution in [2.24, 2.45) is 23.0 Å². The van der Waals surface area contributed by atoms with E-state index in [0.717, 1.165) is 69.6 Å². The number of ether oxygens (including phenoxy) is 4. The largest absolute Gasteiger partial charge is 0.491 e. The molecule has 1 unspecified atom stereocenters. The summed E-state index contributed by atoms with van der Waals surface area (Å²) < 4.78 is 23.8. The third kappa shape index (κ3) is 7.71. The summed E-state index contributed by atoms with van der Waals surface area (Å²) in [5.74, 6) is 1.76. The first-order valence-corrected chi connectivity index (χ1v) is 18.1. The zero-order valence-electron chi connectivity index (χ0n) is 28.6. The Balaban J connectivity index is 1.07. The molecule has 7 rings (SSSR count). The van der Waals surface area contributed by atoms with Gasteiger partial charge in [-0.2, -0.15) is 0 Å². The second-order valence-electron chi connectivity index (χ2n) is 15.5. The Morgan fingerprint density at radius 3 is 2.47 bits per heavy atom. The minimum atomic E-state index is -0.930. The van der Waals surface area contributed by atoms with Crippen LogP contribution >= 0.6 is 11.6 Å². The standard InChI is InChI=1S/C36H48ClN5O7/c1-36(2,3)32(40-35(45)49-23-15-21-14-22(21)16-23)34(44)42-19-24(17-27(42)33(38)43)48-29-18-26(20-4-5-20)39-31-25(29)6-7-28(30(31)37)47-13-10-41-8-11-46-12-9-41/h6-7,18,20-24,27,32H,4-5,8-17,19H2,1-3H3,(H2,38,43)(H,40,45)/t21-,22+,23?,24-,27+,32-/m1/s1. The molecule has 1 aromatic carbocycles. The highest BCUT2D eigenvalue weighted by Gasteiger charge is 2.48. The zero-order chi connectivity index (χ0) is 34.4. The number of aromatic nitrogens is 1. The number of nitrogens with two attached hydrogens (primary N) is 1. The molecular weight excluding hydrogens is 650 g/mol. The summed E-state index contributed by atoms with van der Waals surface area (Å²) in [5.41, 5.74) is 6.68. The third-order valence-electron chi connectivity index (χ3n) is 10.6. The van der Waals surface area contributed by atoms with Gasteiger partial charge < -0.3 is 34.9 Å². The first-order valence-electron chi connectivity index (χ1n) is 17.7. The summed E-state index contributed by atoms with van der Waals surface area (Å²) in [5, 5.41) is 3.96. The van der Waals surface area contributed by atoms with Gasteiger partial charge in [-0.05, 0) is 61.5 Å². The minimum absolute atomic E-state index is 0.121. The highest BCUT2D eigenvalue weighted by molar-refractivity contribution is 6.36. The molecule has 2 aliphatic heterocycles. The number of nitrogens with one attached hydrogen (secondary N) is 1. The van der Waals surface area contributed by atoms with Crippen LogP contribution in [-0.2, 0) is 19.1 Å². The molecule has 3 N–H and O–H groups in total. The fourth-order valence-corrected chi connectivity index (χ4v) is 7.84. The van der Waals surface area contributed by atoms with Crippen LogP contribution in [0.5, 0.6) is 11.5 Å². The number of alkyl carbamates (subject to hydrolysis) is 1. The lowest BCUT2D eigenvalue weighted by molar-refractivity contribution is -0.141. The van der Waals surface area contributed by atoms with E-state index in [2.05, 4.69) is 10.2 Å². The van der Waals surface area contributed by atoms with Crippen molar-refractivity contribution in [2.75, 3.05) is 46.0 Å². The monoisotopic (exact) mass is 697 g/mol. The number of fused-ring (bicyclic) bond motifs is 2. The number of likely N-dealkylation sites (tertiary alicyclic amines) is 1. The van der Waals surface area contributed by atoms with Gasteiger partial charge in [0.1, 0.15) is 47.4 Å². The lowest BCUT2D eigenvalue weighted by Crippen LogP contribution is -2.57. The molecular formula is C36H48ClN5O7. The molecule has 12 nitrogen and oxygen atoms in total. The van der Waals surface area contributed by atoms with E-state index in [9.17, 15) is 14.4 Å². The summed E-state index contributed by atoms with van der Waals surface area (Å²) >= 11 is 6.92. The summed E-state index contributed by atoms with van der Waals surface area (Å²) in [6, 6.07) is 3.85. The third-order valence-corrected chi connectivity index (χ3v) is 11.0. The van der Waals surface area contributed by atoms with Gasteiger partial charge in [-0.25, -0.2) is 4.79 Å². The average Bonchev–Trinajstić information content (AvgIpc) is 3.97. The molecule has 2 aromatic rings. The van der Waals surface area contributed by atoms with Crippen molar-refractivity contribution in [3.8, 4) is 11.5 Å². The molecule has 5 aliphatic rings. The number of nitrogens with zero attached hydrogens (tertiary/aromatic N) is 3. The smallest absolute Gasteiger partial charge is 0.408 e. The fraction of sp³-hybridized carbons (Fsp3) is 0.667. The number of carbonyl (C=O) groups excluding carboxylic acids is 3. The lowest BCUT2D eigenvalue weighted by Gasteiger charge is -2.35. The molecule has 13 heteroatoms. The van der Waals surface area contributed by atoms with E-state index in [0.29, 0.717) is 46.4 Å². The van der Waals surface area contributed by atoms with Crippen LogP contribution in [-0.4, -0.2) is 103 Å². The second kappa shape index (κ2) is 13.8. The van der Waals surface area contributed by atoms with Crippen molar-refractivity contribution in [2.45, 2.75) is 89.5 Å². The molecule has 2 saturated heterocycles. The Labute approximate surface area is 292 Å². The van der Waals surface area contributed by atoms with E-state index in [1.54, 1.807) is 0 Å². The first kappa shape index (κ1) is 34.1. The summed E-state index contributed by atoms with van der Waals surface area (Å²) in [7, 11) is 0. The van der Waals surface area contributed by atoms with Crippen molar-refractivity contribution in [1.29, 1.82) is 0 Å². The number of benzene rings is 1. The normalized spacial score (nSPS) is 27.4. The Morgan fingerprint density at radius 1 is 1.06 bits per heavy atom. The quantitative estimate of drug-likeness (QED) is 0.352. The van der Waals surface area contributed by atoms with Crippen LogP contribution in [0.1, 0.15) is 70.9 Å². The summed E-state index contributed by atoms with van der Waals surface area (Å²) in [4.78, 5) is 48.5.